The fraction of sp³-hybridized carbons (Fsp3) is 0.538. The van der Waals surface area contributed by atoms with Crippen LogP contribution in [0.1, 0.15) is 25.7 Å². The zero-order valence-electron chi connectivity index (χ0n) is 11.3. The van der Waals surface area contributed by atoms with Crippen LogP contribution < -0.4 is 16.2 Å². The highest BCUT2D eigenvalue weighted by Crippen LogP contribution is 2.31. The third-order valence-electron chi connectivity index (χ3n) is 3.70. The summed E-state index contributed by atoms with van der Waals surface area (Å²) in [5, 5.41) is 20.1. The monoisotopic (exact) mass is 280 g/mol. The van der Waals surface area contributed by atoms with Crippen LogP contribution in [-0.2, 0) is 0 Å². The zero-order valence-corrected chi connectivity index (χ0v) is 11.3. The molecule has 7 heteroatoms. The first-order valence-corrected chi connectivity index (χ1v) is 6.79. The molecule has 1 aliphatic rings. The standard InChI is InChI=1S/C13H20N4O3/c14-15-10-7-12(9-13(8-10)17(19)20)16-5-2-1-3-11(16)4-6-18/h7-9,11,15,18H,1-6,14H2. The molecule has 0 radical (unpaired) electrons. The minimum atomic E-state index is -0.421. The van der Waals surface area contributed by atoms with Crippen LogP contribution in [0.5, 0.6) is 0 Å². The van der Waals surface area contributed by atoms with Gasteiger partial charge in [0.25, 0.3) is 5.69 Å². The maximum Gasteiger partial charge on any atom is 0.273 e. The number of hydrazine groups is 1. The number of anilines is 2. The first kappa shape index (κ1) is 14.5. The van der Waals surface area contributed by atoms with Gasteiger partial charge in [-0.05, 0) is 31.7 Å². The van der Waals surface area contributed by atoms with E-state index < -0.39 is 4.92 Å². The molecule has 20 heavy (non-hydrogen) atoms. The van der Waals surface area contributed by atoms with E-state index in [0.717, 1.165) is 31.5 Å². The van der Waals surface area contributed by atoms with E-state index in [9.17, 15) is 10.1 Å². The molecule has 2 rings (SSSR count). The quantitative estimate of drug-likeness (QED) is 0.430. The molecule has 110 valence electrons. The van der Waals surface area contributed by atoms with Crippen LogP contribution in [0.4, 0.5) is 17.1 Å². The van der Waals surface area contributed by atoms with Crippen LogP contribution in [-0.4, -0.2) is 29.2 Å². The average molecular weight is 280 g/mol. The van der Waals surface area contributed by atoms with Crippen LogP contribution in [0, 0.1) is 10.1 Å². The van der Waals surface area contributed by atoms with Gasteiger partial charge >= 0.3 is 0 Å². The SMILES string of the molecule is NNc1cc(N2CCCCC2CCO)cc([N+](=O)[O-])c1. The van der Waals surface area contributed by atoms with Crippen molar-refractivity contribution in [1.29, 1.82) is 0 Å². The summed E-state index contributed by atoms with van der Waals surface area (Å²) in [5.41, 5.74) is 3.78. The normalized spacial score (nSPS) is 18.9. The maximum absolute atomic E-state index is 11.0. The predicted octanol–water partition coefficient (Wildman–Crippen LogP) is 1.62. The van der Waals surface area contributed by atoms with Gasteiger partial charge in [-0.25, -0.2) is 0 Å². The highest BCUT2D eigenvalue weighted by molar-refractivity contribution is 5.64. The number of aliphatic hydroxyl groups excluding tert-OH is 1. The molecule has 1 aliphatic heterocycles. The number of rotatable bonds is 5. The lowest BCUT2D eigenvalue weighted by atomic mass is 9.98. The smallest absolute Gasteiger partial charge is 0.273 e. The third-order valence-corrected chi connectivity index (χ3v) is 3.70. The second-order valence-corrected chi connectivity index (χ2v) is 4.99. The molecule has 1 aromatic carbocycles. The molecular weight excluding hydrogens is 260 g/mol. The molecule has 1 fully saturated rings. The summed E-state index contributed by atoms with van der Waals surface area (Å²) in [6, 6.07) is 5.01. The molecule has 0 saturated carbocycles. The first-order chi connectivity index (χ1) is 9.65. The van der Waals surface area contributed by atoms with Crippen molar-refractivity contribution in [2.24, 2.45) is 5.84 Å². The van der Waals surface area contributed by atoms with Gasteiger partial charge < -0.3 is 15.4 Å². The number of non-ortho nitro benzene ring substituents is 1. The molecule has 1 aromatic rings. The molecule has 1 atom stereocenters. The summed E-state index contributed by atoms with van der Waals surface area (Å²) in [7, 11) is 0. The zero-order chi connectivity index (χ0) is 14.5. The Balaban J connectivity index is 2.33. The minimum Gasteiger partial charge on any atom is -0.396 e. The third kappa shape index (κ3) is 3.17. The van der Waals surface area contributed by atoms with Crippen molar-refractivity contribution in [2.75, 3.05) is 23.5 Å². The Kier molecular flexibility index (Phi) is 4.75. The van der Waals surface area contributed by atoms with Gasteiger partial charge in [0.2, 0.25) is 0 Å². The lowest BCUT2D eigenvalue weighted by molar-refractivity contribution is -0.384. The lowest BCUT2D eigenvalue weighted by Crippen LogP contribution is -2.40. The first-order valence-electron chi connectivity index (χ1n) is 6.79. The maximum atomic E-state index is 11.0. The van der Waals surface area contributed by atoms with E-state index in [0.29, 0.717) is 12.1 Å². The Labute approximate surface area is 117 Å². The second kappa shape index (κ2) is 6.53. The van der Waals surface area contributed by atoms with E-state index in [4.69, 9.17) is 10.9 Å². The summed E-state index contributed by atoms with van der Waals surface area (Å²) in [6.45, 7) is 0.966. The van der Waals surface area contributed by atoms with Gasteiger partial charge in [-0.15, -0.1) is 0 Å². The van der Waals surface area contributed by atoms with E-state index in [2.05, 4.69) is 10.3 Å². The number of nitrogens with two attached hydrogens (primary N) is 1. The average Bonchev–Trinajstić information content (AvgIpc) is 2.47. The van der Waals surface area contributed by atoms with E-state index in [1.807, 2.05) is 6.07 Å². The molecule has 1 heterocycles. The van der Waals surface area contributed by atoms with E-state index >= 15 is 0 Å². The molecule has 1 saturated heterocycles. The number of nitro groups is 1. The predicted molar refractivity (Wildman–Crippen MR) is 77.6 cm³/mol. The number of nitrogen functional groups attached to an aromatic ring is 1. The molecule has 0 bridgehead atoms. The van der Waals surface area contributed by atoms with Crippen LogP contribution in [0.15, 0.2) is 18.2 Å². The number of nitrogens with zero attached hydrogens (tertiary/aromatic N) is 2. The highest BCUT2D eigenvalue weighted by atomic mass is 16.6. The van der Waals surface area contributed by atoms with E-state index in [1.165, 1.54) is 6.07 Å². The molecule has 0 amide bonds. The van der Waals surface area contributed by atoms with Crippen LogP contribution in [0.2, 0.25) is 0 Å². The van der Waals surface area contributed by atoms with Crippen molar-refractivity contribution in [3.05, 3.63) is 28.3 Å². The fourth-order valence-corrected chi connectivity index (χ4v) is 2.74. The van der Waals surface area contributed by atoms with Crippen molar-refractivity contribution in [2.45, 2.75) is 31.7 Å². The molecule has 0 aliphatic carbocycles. The number of hydrogen-bond donors (Lipinski definition) is 3. The van der Waals surface area contributed by atoms with Crippen molar-refractivity contribution in [1.82, 2.24) is 0 Å². The second-order valence-electron chi connectivity index (χ2n) is 4.99. The van der Waals surface area contributed by atoms with Crippen LogP contribution in [0.25, 0.3) is 0 Å². The summed E-state index contributed by atoms with van der Waals surface area (Å²) in [4.78, 5) is 12.7. The number of benzene rings is 1. The topological polar surface area (TPSA) is 105 Å². The number of hydrogen-bond acceptors (Lipinski definition) is 6. The van der Waals surface area contributed by atoms with Gasteiger partial charge in [0, 0.05) is 37.0 Å². The lowest BCUT2D eigenvalue weighted by Gasteiger charge is -2.37. The van der Waals surface area contributed by atoms with Gasteiger partial charge in [-0.1, -0.05) is 0 Å². The number of aliphatic hydroxyl groups is 1. The largest absolute Gasteiger partial charge is 0.396 e. The number of nitrogens with one attached hydrogen (secondary N) is 1. The number of piperidine rings is 1. The molecule has 4 N–H and O–H groups in total. The van der Waals surface area contributed by atoms with Crippen LogP contribution >= 0.6 is 0 Å². The molecular formula is C13H20N4O3. The fourth-order valence-electron chi connectivity index (χ4n) is 2.74. The highest BCUT2D eigenvalue weighted by Gasteiger charge is 2.24. The Morgan fingerprint density at radius 2 is 2.25 bits per heavy atom. The molecule has 7 nitrogen and oxygen atoms in total. The van der Waals surface area contributed by atoms with Gasteiger partial charge in [0.1, 0.15) is 0 Å². The van der Waals surface area contributed by atoms with Crippen LogP contribution in [0.3, 0.4) is 0 Å². The van der Waals surface area contributed by atoms with Gasteiger partial charge in [-0.2, -0.15) is 0 Å². The Hall–Kier alpha value is -1.86. The van der Waals surface area contributed by atoms with Gasteiger partial charge in [0.05, 0.1) is 10.6 Å². The number of nitro benzene ring substituents is 1. The minimum absolute atomic E-state index is 0.0174. The Morgan fingerprint density at radius 3 is 2.90 bits per heavy atom. The molecule has 0 spiro atoms. The van der Waals surface area contributed by atoms with E-state index in [1.54, 1.807) is 6.07 Å². The van der Waals surface area contributed by atoms with E-state index in [-0.39, 0.29) is 18.3 Å². The van der Waals surface area contributed by atoms with Crippen molar-refractivity contribution in [3.63, 3.8) is 0 Å². The summed E-state index contributed by atoms with van der Waals surface area (Å²) in [5.74, 6) is 5.38. The summed E-state index contributed by atoms with van der Waals surface area (Å²) < 4.78 is 0. The summed E-state index contributed by atoms with van der Waals surface area (Å²) in [6.07, 6.45) is 3.84. The van der Waals surface area contributed by atoms with Crippen molar-refractivity contribution < 1.29 is 10.0 Å². The Bertz CT molecular complexity index is 479. The Morgan fingerprint density at radius 1 is 1.45 bits per heavy atom. The van der Waals surface area contributed by atoms with Gasteiger partial charge in [0.15, 0.2) is 0 Å². The molecule has 1 unspecified atom stereocenters. The summed E-state index contributed by atoms with van der Waals surface area (Å²) >= 11 is 0. The molecule has 0 aromatic heterocycles. The van der Waals surface area contributed by atoms with Gasteiger partial charge in [-0.3, -0.25) is 16.0 Å². The van der Waals surface area contributed by atoms with Crippen molar-refractivity contribution in [3.8, 4) is 0 Å². The van der Waals surface area contributed by atoms with Crippen molar-refractivity contribution >= 4 is 17.1 Å².